The van der Waals surface area contributed by atoms with Crippen molar-refractivity contribution in [3.05, 3.63) is 59.2 Å². The molecule has 0 bridgehead atoms. The Morgan fingerprint density at radius 2 is 1.56 bits per heavy atom. The highest BCUT2D eigenvalue weighted by atomic mass is 32.2. The molecule has 0 unspecified atom stereocenters. The van der Waals surface area contributed by atoms with E-state index in [4.69, 9.17) is 4.74 Å². The van der Waals surface area contributed by atoms with Gasteiger partial charge in [-0.1, -0.05) is 37.7 Å². The molecule has 2 saturated heterocycles. The number of morpholine rings is 1. The molecule has 2 heterocycles. The van der Waals surface area contributed by atoms with Gasteiger partial charge in [-0.15, -0.1) is 0 Å². The van der Waals surface area contributed by atoms with Crippen molar-refractivity contribution in [2.75, 3.05) is 44.7 Å². The Morgan fingerprint density at radius 1 is 0.907 bits per heavy atom. The SMILES string of the molecule is CC.O=C(/C=C/c1ccc(Sc2cccc(NC3CCN(C4CC4)CC3)c2)c(C(F)(F)F)c1C(F)(F)F)N1CCOCC1. The molecule has 1 saturated carbocycles. The maximum Gasteiger partial charge on any atom is 0.418 e. The van der Waals surface area contributed by atoms with Gasteiger partial charge in [0.1, 0.15) is 0 Å². The van der Waals surface area contributed by atoms with Gasteiger partial charge in [0.15, 0.2) is 0 Å². The molecular formula is C31H37F6N3O2S. The molecule has 3 aliphatic rings. The van der Waals surface area contributed by atoms with Crippen LogP contribution in [0.5, 0.6) is 0 Å². The average Bonchev–Trinajstić information content (AvgIpc) is 3.83. The average molecular weight is 630 g/mol. The zero-order valence-corrected chi connectivity index (χ0v) is 25.0. The first-order valence-electron chi connectivity index (χ1n) is 14.6. The number of amides is 1. The highest BCUT2D eigenvalue weighted by molar-refractivity contribution is 7.99. The van der Waals surface area contributed by atoms with Gasteiger partial charge in [-0.2, -0.15) is 26.3 Å². The first-order valence-corrected chi connectivity index (χ1v) is 15.5. The number of carbonyl (C=O) groups is 1. The minimum Gasteiger partial charge on any atom is -0.382 e. The van der Waals surface area contributed by atoms with Crippen LogP contribution in [0.2, 0.25) is 0 Å². The number of hydrogen-bond acceptors (Lipinski definition) is 5. The molecule has 3 fully saturated rings. The van der Waals surface area contributed by atoms with Gasteiger partial charge in [0.2, 0.25) is 5.91 Å². The normalized spacial score (nSPS) is 18.8. The highest BCUT2D eigenvalue weighted by Gasteiger charge is 2.46. The zero-order valence-electron chi connectivity index (χ0n) is 24.2. The van der Waals surface area contributed by atoms with Crippen LogP contribution in [0.3, 0.4) is 0 Å². The van der Waals surface area contributed by atoms with E-state index in [0.29, 0.717) is 28.4 Å². The summed E-state index contributed by atoms with van der Waals surface area (Å²) in [4.78, 5) is 16.1. The van der Waals surface area contributed by atoms with E-state index in [9.17, 15) is 31.1 Å². The predicted octanol–water partition coefficient (Wildman–Crippen LogP) is 7.81. The molecule has 43 heavy (non-hydrogen) atoms. The molecule has 1 N–H and O–H groups in total. The van der Waals surface area contributed by atoms with Crippen LogP contribution in [0.25, 0.3) is 6.08 Å². The summed E-state index contributed by atoms with van der Waals surface area (Å²) in [6, 6.07) is 9.67. The van der Waals surface area contributed by atoms with Crippen molar-refractivity contribution < 1.29 is 35.9 Å². The lowest BCUT2D eigenvalue weighted by atomic mass is 9.99. The van der Waals surface area contributed by atoms with Gasteiger partial charge in [-0.3, -0.25) is 4.79 Å². The van der Waals surface area contributed by atoms with Crippen molar-refractivity contribution in [2.24, 2.45) is 0 Å². The third-order valence-corrected chi connectivity index (χ3v) is 8.57. The molecule has 12 heteroatoms. The Kier molecular flexibility index (Phi) is 11.1. The summed E-state index contributed by atoms with van der Waals surface area (Å²) in [5, 5.41) is 3.44. The van der Waals surface area contributed by atoms with Gasteiger partial charge >= 0.3 is 12.4 Å². The van der Waals surface area contributed by atoms with Crippen LogP contribution in [0.1, 0.15) is 56.2 Å². The van der Waals surface area contributed by atoms with Gasteiger partial charge in [0, 0.05) is 59.8 Å². The first-order chi connectivity index (χ1) is 20.5. The van der Waals surface area contributed by atoms with Crippen molar-refractivity contribution in [3.8, 4) is 0 Å². The van der Waals surface area contributed by atoms with E-state index in [1.807, 2.05) is 19.9 Å². The quantitative estimate of drug-likeness (QED) is 0.250. The number of nitrogens with one attached hydrogen (secondary N) is 1. The predicted molar refractivity (Wildman–Crippen MR) is 156 cm³/mol. The molecule has 0 atom stereocenters. The standard InChI is InChI=1S/C29H31F6N3O2S.C2H6/c30-28(31,32)26-19(5-9-25(39)38-14-16-40-17-15-38)4-8-24(27(26)29(33,34)35)41-23-3-1-2-21(18-23)36-20-10-12-37(13-11-20)22-6-7-22;1-2/h1-5,8-9,18,20,22,36H,6-7,10-17H2;1-2H3/b9-5+;. The number of hydrogen-bond donors (Lipinski definition) is 1. The fraction of sp³-hybridized carbons (Fsp3) is 0.516. The summed E-state index contributed by atoms with van der Waals surface area (Å²) in [5.74, 6) is -0.587. The molecule has 5 nitrogen and oxygen atoms in total. The largest absolute Gasteiger partial charge is 0.418 e. The van der Waals surface area contributed by atoms with Crippen LogP contribution >= 0.6 is 11.8 Å². The van der Waals surface area contributed by atoms with E-state index < -0.39 is 39.8 Å². The van der Waals surface area contributed by atoms with E-state index >= 15 is 0 Å². The second-order valence-corrected chi connectivity index (χ2v) is 11.6. The molecule has 0 spiro atoms. The Balaban J connectivity index is 0.00000207. The second kappa shape index (κ2) is 14.4. The molecule has 0 radical (unpaired) electrons. The van der Waals surface area contributed by atoms with Gasteiger partial charge in [0.25, 0.3) is 0 Å². The van der Waals surface area contributed by atoms with Gasteiger partial charge < -0.3 is 19.9 Å². The summed E-state index contributed by atoms with van der Waals surface area (Å²) in [6.45, 7) is 7.07. The van der Waals surface area contributed by atoms with Gasteiger partial charge in [-0.05, 0) is 61.6 Å². The summed E-state index contributed by atoms with van der Waals surface area (Å²) in [7, 11) is 0. The van der Waals surface area contributed by atoms with Gasteiger partial charge in [0.05, 0.1) is 24.3 Å². The van der Waals surface area contributed by atoms with Crippen LogP contribution in [0.15, 0.2) is 52.3 Å². The minimum absolute atomic E-state index is 0.221. The fourth-order valence-corrected chi connectivity index (χ4v) is 6.36. The van der Waals surface area contributed by atoms with E-state index in [-0.39, 0.29) is 32.3 Å². The smallest absolute Gasteiger partial charge is 0.382 e. The van der Waals surface area contributed by atoms with Crippen LogP contribution in [0, 0.1) is 0 Å². The number of nitrogens with zero attached hydrogens (tertiary/aromatic N) is 2. The molecule has 5 rings (SSSR count). The number of piperidine rings is 1. The van der Waals surface area contributed by atoms with Crippen molar-refractivity contribution in [1.82, 2.24) is 9.80 Å². The number of likely N-dealkylation sites (tertiary alicyclic amines) is 1. The molecule has 0 aromatic heterocycles. The maximum atomic E-state index is 14.2. The lowest BCUT2D eigenvalue weighted by Crippen LogP contribution is -2.40. The zero-order chi connectivity index (χ0) is 31.2. The molecule has 1 aliphatic carbocycles. The summed E-state index contributed by atoms with van der Waals surface area (Å²) >= 11 is 0.635. The van der Waals surface area contributed by atoms with Crippen molar-refractivity contribution in [2.45, 2.75) is 73.8 Å². The highest BCUT2D eigenvalue weighted by Crippen LogP contribution is 2.48. The number of benzene rings is 2. The summed E-state index contributed by atoms with van der Waals surface area (Å²) in [6.07, 6.45) is -4.50. The lowest BCUT2D eigenvalue weighted by molar-refractivity contribution is -0.163. The lowest BCUT2D eigenvalue weighted by Gasteiger charge is -2.33. The van der Waals surface area contributed by atoms with Gasteiger partial charge in [-0.25, -0.2) is 0 Å². The Labute approximate surface area is 252 Å². The second-order valence-electron chi connectivity index (χ2n) is 10.5. The molecule has 2 aromatic carbocycles. The topological polar surface area (TPSA) is 44.8 Å². The Hall–Kier alpha value is -2.70. The number of carbonyl (C=O) groups excluding carboxylic acids is 1. The van der Waals surface area contributed by atoms with Crippen LogP contribution in [-0.2, 0) is 21.9 Å². The van der Waals surface area contributed by atoms with E-state index in [1.54, 1.807) is 18.2 Å². The van der Waals surface area contributed by atoms with Crippen molar-refractivity contribution >= 4 is 29.4 Å². The molecular weight excluding hydrogens is 592 g/mol. The number of alkyl halides is 6. The summed E-state index contributed by atoms with van der Waals surface area (Å²) in [5.41, 5.74) is -3.58. The van der Waals surface area contributed by atoms with E-state index in [0.717, 1.165) is 50.2 Å². The Morgan fingerprint density at radius 3 is 2.16 bits per heavy atom. The monoisotopic (exact) mass is 629 g/mol. The van der Waals surface area contributed by atoms with E-state index in [1.165, 1.54) is 17.7 Å². The molecule has 2 aliphatic heterocycles. The van der Waals surface area contributed by atoms with Crippen molar-refractivity contribution in [3.63, 3.8) is 0 Å². The molecule has 1 amide bonds. The molecule has 2 aromatic rings. The van der Waals surface area contributed by atoms with Crippen LogP contribution < -0.4 is 5.32 Å². The van der Waals surface area contributed by atoms with Crippen LogP contribution in [0.4, 0.5) is 32.0 Å². The Bertz CT molecular complexity index is 1270. The third-order valence-electron chi connectivity index (χ3n) is 7.52. The minimum atomic E-state index is -5.30. The number of anilines is 1. The number of rotatable bonds is 7. The first kappa shape index (κ1) is 33.2. The number of halogens is 6. The van der Waals surface area contributed by atoms with Crippen LogP contribution in [-0.4, -0.2) is 67.2 Å². The maximum absolute atomic E-state index is 14.2. The van der Waals surface area contributed by atoms with Crippen molar-refractivity contribution in [1.29, 1.82) is 0 Å². The summed E-state index contributed by atoms with van der Waals surface area (Å²) < 4.78 is 90.4. The molecule has 236 valence electrons. The number of ether oxygens (including phenoxy) is 1. The fourth-order valence-electron chi connectivity index (χ4n) is 5.32. The third kappa shape index (κ3) is 8.92. The van der Waals surface area contributed by atoms with E-state index in [2.05, 4.69) is 10.2 Å².